The van der Waals surface area contributed by atoms with Crippen LogP contribution in [0.4, 0.5) is 0 Å². The number of amides is 1. The number of rotatable bonds is 4. The minimum Gasteiger partial charge on any atom is -0.480 e. The number of aromatic nitrogens is 3. The van der Waals surface area contributed by atoms with Crippen molar-refractivity contribution in [1.29, 1.82) is 0 Å². The Morgan fingerprint density at radius 3 is 2.96 bits per heavy atom. The molecule has 1 amide bonds. The number of carbonyl (C=O) groups excluding carboxylic acids is 1. The van der Waals surface area contributed by atoms with Gasteiger partial charge in [0, 0.05) is 24.3 Å². The molecule has 0 atom stereocenters. The Hall–Kier alpha value is -2.41. The molecule has 23 heavy (non-hydrogen) atoms. The molecule has 3 heterocycles. The van der Waals surface area contributed by atoms with E-state index < -0.39 is 0 Å². The van der Waals surface area contributed by atoms with Crippen LogP contribution < -0.4 is 4.74 Å². The van der Waals surface area contributed by atoms with Gasteiger partial charge in [-0.3, -0.25) is 9.20 Å². The van der Waals surface area contributed by atoms with Gasteiger partial charge in [0.2, 0.25) is 5.88 Å². The van der Waals surface area contributed by atoms with E-state index in [4.69, 9.17) is 4.74 Å². The van der Waals surface area contributed by atoms with Crippen molar-refractivity contribution in [2.75, 3.05) is 14.2 Å². The lowest BCUT2D eigenvalue weighted by Gasteiger charge is -2.18. The minimum atomic E-state index is -0.128. The average molecular weight is 330 g/mol. The first-order chi connectivity index (χ1) is 11.0. The number of nitrogens with zero attached hydrogens (tertiary/aromatic N) is 4. The number of fused-ring (bicyclic) bond motifs is 1. The van der Waals surface area contributed by atoms with E-state index in [1.807, 2.05) is 13.8 Å². The molecule has 0 fully saturated rings. The van der Waals surface area contributed by atoms with Gasteiger partial charge in [-0.05, 0) is 26.0 Å². The highest BCUT2D eigenvalue weighted by atomic mass is 32.1. The van der Waals surface area contributed by atoms with E-state index in [0.717, 1.165) is 16.3 Å². The summed E-state index contributed by atoms with van der Waals surface area (Å²) >= 11 is 1.64. The highest BCUT2D eigenvalue weighted by Gasteiger charge is 2.20. The van der Waals surface area contributed by atoms with Gasteiger partial charge in [-0.15, -0.1) is 11.3 Å². The van der Waals surface area contributed by atoms with E-state index in [9.17, 15) is 4.79 Å². The number of thiazole rings is 1. The van der Waals surface area contributed by atoms with Crippen LogP contribution in [0.15, 0.2) is 24.5 Å². The third-order valence-corrected chi connectivity index (χ3v) is 4.57. The molecule has 0 aromatic carbocycles. The first-order valence-electron chi connectivity index (χ1n) is 7.19. The Morgan fingerprint density at radius 1 is 1.43 bits per heavy atom. The van der Waals surface area contributed by atoms with Crippen LogP contribution in [0.2, 0.25) is 0 Å². The van der Waals surface area contributed by atoms with E-state index in [1.165, 1.54) is 12.0 Å². The van der Waals surface area contributed by atoms with Crippen LogP contribution in [0.3, 0.4) is 0 Å². The molecular weight excluding hydrogens is 312 g/mol. The number of methoxy groups -OCH3 is 1. The molecule has 0 saturated carbocycles. The number of hydrogen-bond donors (Lipinski definition) is 0. The van der Waals surface area contributed by atoms with E-state index in [1.54, 1.807) is 41.6 Å². The lowest BCUT2D eigenvalue weighted by atomic mass is 10.2. The topological polar surface area (TPSA) is 59.7 Å². The summed E-state index contributed by atoms with van der Waals surface area (Å²) in [5.74, 6) is 0.210. The number of aryl methyl sites for hydroxylation is 2. The Morgan fingerprint density at radius 2 is 2.22 bits per heavy atom. The summed E-state index contributed by atoms with van der Waals surface area (Å²) in [7, 11) is 3.28. The zero-order valence-corrected chi connectivity index (χ0v) is 14.3. The molecule has 7 heteroatoms. The molecule has 0 aliphatic carbocycles. The lowest BCUT2D eigenvalue weighted by Crippen LogP contribution is -2.27. The number of carbonyl (C=O) groups is 1. The maximum atomic E-state index is 12.7. The van der Waals surface area contributed by atoms with Gasteiger partial charge >= 0.3 is 0 Å². The zero-order valence-electron chi connectivity index (χ0n) is 13.5. The molecule has 3 aromatic heterocycles. The Bertz CT molecular complexity index is 868. The van der Waals surface area contributed by atoms with Crippen molar-refractivity contribution in [3.63, 3.8) is 0 Å². The van der Waals surface area contributed by atoms with Crippen molar-refractivity contribution in [3.05, 3.63) is 46.4 Å². The summed E-state index contributed by atoms with van der Waals surface area (Å²) in [5, 5.41) is 0. The smallest absolute Gasteiger partial charge is 0.259 e. The molecule has 6 nitrogen and oxygen atoms in total. The lowest BCUT2D eigenvalue weighted by molar-refractivity contribution is 0.0778. The predicted molar refractivity (Wildman–Crippen MR) is 89.1 cm³/mol. The van der Waals surface area contributed by atoms with Crippen LogP contribution in [0.1, 0.15) is 26.6 Å². The fourth-order valence-electron chi connectivity index (χ4n) is 2.52. The van der Waals surface area contributed by atoms with Gasteiger partial charge in [0.05, 0.1) is 25.0 Å². The van der Waals surface area contributed by atoms with Gasteiger partial charge in [-0.25, -0.2) is 9.97 Å². The second-order valence-electron chi connectivity index (χ2n) is 5.36. The molecule has 120 valence electrons. The second kappa shape index (κ2) is 6.00. The van der Waals surface area contributed by atoms with Crippen LogP contribution in [0.25, 0.3) is 4.96 Å². The first kappa shape index (κ1) is 15.5. The fraction of sp³-hybridized carbons (Fsp3) is 0.312. The third kappa shape index (κ3) is 2.79. The number of hydrogen-bond acceptors (Lipinski definition) is 5. The van der Waals surface area contributed by atoms with Crippen molar-refractivity contribution in [3.8, 4) is 5.88 Å². The average Bonchev–Trinajstić information content (AvgIpc) is 3.03. The van der Waals surface area contributed by atoms with Gasteiger partial charge in [0.15, 0.2) is 4.96 Å². The fourth-order valence-corrected chi connectivity index (χ4v) is 3.41. The second-order valence-corrected chi connectivity index (χ2v) is 6.57. The normalized spacial score (nSPS) is 11.0. The molecule has 3 aromatic rings. The standard InChI is InChI=1S/C16H18N4O2S/c1-10-8-20-13(11(2)18-16(20)23-10)9-19(3)15(21)12-6-5-7-17-14(12)22-4/h5-8H,9H2,1-4H3. The van der Waals surface area contributed by atoms with E-state index in [2.05, 4.69) is 20.6 Å². The van der Waals surface area contributed by atoms with Gasteiger partial charge in [0.1, 0.15) is 5.56 Å². The van der Waals surface area contributed by atoms with Crippen LogP contribution in [-0.4, -0.2) is 39.3 Å². The first-order valence-corrected chi connectivity index (χ1v) is 8.01. The Kier molecular flexibility index (Phi) is 4.04. The molecule has 0 N–H and O–H groups in total. The van der Waals surface area contributed by atoms with Crippen molar-refractivity contribution in [2.45, 2.75) is 20.4 Å². The van der Waals surface area contributed by atoms with Crippen LogP contribution >= 0.6 is 11.3 Å². The number of imidazole rings is 1. The molecule has 0 aliphatic heterocycles. The van der Waals surface area contributed by atoms with E-state index in [-0.39, 0.29) is 5.91 Å². The monoisotopic (exact) mass is 330 g/mol. The maximum absolute atomic E-state index is 12.7. The van der Waals surface area contributed by atoms with E-state index >= 15 is 0 Å². The SMILES string of the molecule is COc1ncccc1C(=O)N(C)Cc1c(C)nc2sc(C)cn12. The molecule has 0 radical (unpaired) electrons. The third-order valence-electron chi connectivity index (χ3n) is 3.67. The highest BCUT2D eigenvalue weighted by molar-refractivity contribution is 7.17. The number of pyridine rings is 1. The molecule has 0 saturated heterocycles. The number of ether oxygens (including phenoxy) is 1. The van der Waals surface area contributed by atoms with Crippen LogP contribution in [-0.2, 0) is 6.54 Å². The molecule has 0 aliphatic rings. The molecule has 0 unspecified atom stereocenters. The minimum absolute atomic E-state index is 0.128. The summed E-state index contributed by atoms with van der Waals surface area (Å²) in [4.78, 5) is 25.1. The highest BCUT2D eigenvalue weighted by Crippen LogP contribution is 2.23. The summed E-state index contributed by atoms with van der Waals surface area (Å²) < 4.78 is 7.23. The largest absolute Gasteiger partial charge is 0.480 e. The van der Waals surface area contributed by atoms with Crippen molar-refractivity contribution >= 4 is 22.2 Å². The Labute approximate surface area is 138 Å². The van der Waals surface area contributed by atoms with Crippen molar-refractivity contribution < 1.29 is 9.53 Å². The predicted octanol–water partition coefficient (Wildman–Crippen LogP) is 2.69. The molecule has 0 bridgehead atoms. The summed E-state index contributed by atoms with van der Waals surface area (Å²) in [5.41, 5.74) is 2.41. The van der Waals surface area contributed by atoms with Crippen LogP contribution in [0.5, 0.6) is 5.88 Å². The van der Waals surface area contributed by atoms with Crippen LogP contribution in [0, 0.1) is 13.8 Å². The van der Waals surface area contributed by atoms with Gasteiger partial charge in [0.25, 0.3) is 5.91 Å². The van der Waals surface area contributed by atoms with E-state index in [0.29, 0.717) is 18.0 Å². The molecular formula is C16H18N4O2S. The van der Waals surface area contributed by atoms with Gasteiger partial charge in [-0.2, -0.15) is 0 Å². The van der Waals surface area contributed by atoms with Crippen molar-refractivity contribution in [1.82, 2.24) is 19.3 Å². The zero-order chi connectivity index (χ0) is 16.6. The van der Waals surface area contributed by atoms with Crippen molar-refractivity contribution in [2.24, 2.45) is 0 Å². The molecule has 0 spiro atoms. The summed E-state index contributed by atoms with van der Waals surface area (Å²) in [6.45, 7) is 4.49. The summed E-state index contributed by atoms with van der Waals surface area (Å²) in [6, 6.07) is 3.45. The van der Waals surface area contributed by atoms with Gasteiger partial charge in [-0.1, -0.05) is 0 Å². The maximum Gasteiger partial charge on any atom is 0.259 e. The quantitative estimate of drug-likeness (QED) is 0.738. The summed E-state index contributed by atoms with van der Waals surface area (Å²) in [6.07, 6.45) is 3.66. The van der Waals surface area contributed by atoms with Gasteiger partial charge < -0.3 is 9.64 Å². The Balaban J connectivity index is 1.89. The molecule has 3 rings (SSSR count).